The van der Waals surface area contributed by atoms with Crippen molar-refractivity contribution in [1.82, 2.24) is 25.2 Å². The highest BCUT2D eigenvalue weighted by atomic mass is 35.5. The van der Waals surface area contributed by atoms with Crippen LogP contribution in [0.15, 0.2) is 31.0 Å². The SMILES string of the molecule is C=CC(=O)N[C@H]1CCOC[C@H]1Nc1ncc2cc(-c3c(Cl)c(OC)cc(OC)c3Cl)nc(NCCN(C)C)c2n1. The summed E-state index contributed by atoms with van der Waals surface area (Å²) in [5, 5.41) is 11.0. The Morgan fingerprint density at radius 2 is 1.90 bits per heavy atom. The van der Waals surface area contributed by atoms with E-state index in [1.165, 1.54) is 20.3 Å². The van der Waals surface area contributed by atoms with Gasteiger partial charge in [-0.1, -0.05) is 29.8 Å². The number of hydrogen-bond donors (Lipinski definition) is 3. The van der Waals surface area contributed by atoms with Crippen LogP contribution in [0.5, 0.6) is 11.5 Å². The molecule has 4 rings (SSSR count). The first kappa shape index (κ1) is 29.6. The molecule has 3 N–H and O–H groups in total. The molecule has 11 nitrogen and oxygen atoms in total. The molecule has 0 saturated carbocycles. The summed E-state index contributed by atoms with van der Waals surface area (Å²) in [5.74, 6) is 1.49. The number of benzene rings is 1. The number of carbonyl (C=O) groups excluding carboxylic acids is 1. The Bertz CT molecular complexity index is 1360. The molecule has 40 heavy (non-hydrogen) atoms. The van der Waals surface area contributed by atoms with Gasteiger partial charge in [0, 0.05) is 42.9 Å². The van der Waals surface area contributed by atoms with Gasteiger partial charge in [-0.2, -0.15) is 0 Å². The van der Waals surface area contributed by atoms with Gasteiger partial charge in [0.1, 0.15) is 17.0 Å². The Kier molecular flexibility index (Phi) is 9.85. The topological polar surface area (TPSA) is 123 Å². The van der Waals surface area contributed by atoms with Gasteiger partial charge in [0.05, 0.1) is 48.6 Å². The number of ether oxygens (including phenoxy) is 3. The smallest absolute Gasteiger partial charge is 0.243 e. The van der Waals surface area contributed by atoms with Crippen molar-refractivity contribution in [3.05, 3.63) is 41.0 Å². The van der Waals surface area contributed by atoms with Crippen molar-refractivity contribution in [2.24, 2.45) is 0 Å². The molecular formula is C27H33Cl2N7O4. The second-order valence-electron chi connectivity index (χ2n) is 9.44. The van der Waals surface area contributed by atoms with E-state index in [4.69, 9.17) is 47.4 Å². The van der Waals surface area contributed by atoms with Crippen LogP contribution in [0, 0.1) is 0 Å². The number of aromatic nitrogens is 3. The van der Waals surface area contributed by atoms with E-state index in [1.807, 2.05) is 20.2 Å². The van der Waals surface area contributed by atoms with E-state index in [-0.39, 0.29) is 18.0 Å². The molecule has 0 spiro atoms. The molecule has 1 fully saturated rings. The van der Waals surface area contributed by atoms with Crippen molar-refractivity contribution in [3.8, 4) is 22.8 Å². The number of carbonyl (C=O) groups is 1. The van der Waals surface area contributed by atoms with E-state index in [1.54, 1.807) is 12.3 Å². The van der Waals surface area contributed by atoms with Crippen molar-refractivity contribution < 1.29 is 19.0 Å². The van der Waals surface area contributed by atoms with Crippen LogP contribution in [0.4, 0.5) is 11.8 Å². The molecule has 1 aliphatic rings. The van der Waals surface area contributed by atoms with Crippen LogP contribution in [0.1, 0.15) is 6.42 Å². The number of rotatable bonds is 11. The second kappa shape index (κ2) is 13.3. The molecule has 1 saturated heterocycles. The third-order valence-corrected chi connectivity index (χ3v) is 7.18. The number of fused-ring (bicyclic) bond motifs is 1. The number of anilines is 2. The third-order valence-electron chi connectivity index (χ3n) is 6.43. The molecule has 13 heteroatoms. The van der Waals surface area contributed by atoms with Crippen molar-refractivity contribution in [3.63, 3.8) is 0 Å². The van der Waals surface area contributed by atoms with Crippen LogP contribution >= 0.6 is 23.2 Å². The van der Waals surface area contributed by atoms with Gasteiger partial charge >= 0.3 is 0 Å². The van der Waals surface area contributed by atoms with Gasteiger partial charge in [-0.25, -0.2) is 15.0 Å². The number of likely N-dealkylation sites (N-methyl/N-ethyl adjacent to an activating group) is 1. The lowest BCUT2D eigenvalue weighted by molar-refractivity contribution is -0.117. The highest BCUT2D eigenvalue weighted by Crippen LogP contribution is 2.46. The number of nitrogens with zero attached hydrogens (tertiary/aromatic N) is 4. The lowest BCUT2D eigenvalue weighted by Gasteiger charge is -2.32. The molecule has 2 aromatic heterocycles. The first-order chi connectivity index (χ1) is 19.2. The molecule has 0 aliphatic carbocycles. The lowest BCUT2D eigenvalue weighted by Crippen LogP contribution is -2.52. The van der Waals surface area contributed by atoms with E-state index in [0.29, 0.717) is 81.7 Å². The Labute approximate surface area is 243 Å². The lowest BCUT2D eigenvalue weighted by atomic mass is 10.0. The maximum atomic E-state index is 11.9. The van der Waals surface area contributed by atoms with E-state index in [0.717, 1.165) is 6.54 Å². The van der Waals surface area contributed by atoms with Crippen molar-refractivity contribution in [2.45, 2.75) is 18.5 Å². The predicted octanol–water partition coefficient (Wildman–Crippen LogP) is 3.86. The molecule has 0 radical (unpaired) electrons. The Balaban J connectivity index is 1.76. The minimum absolute atomic E-state index is 0.163. The van der Waals surface area contributed by atoms with Crippen molar-refractivity contribution in [2.75, 3.05) is 65.3 Å². The molecule has 214 valence electrons. The highest BCUT2D eigenvalue weighted by molar-refractivity contribution is 6.41. The van der Waals surface area contributed by atoms with Crippen molar-refractivity contribution in [1.29, 1.82) is 0 Å². The summed E-state index contributed by atoms with van der Waals surface area (Å²) in [5.41, 5.74) is 1.58. The summed E-state index contributed by atoms with van der Waals surface area (Å²) in [6.45, 7) is 5.85. The summed E-state index contributed by atoms with van der Waals surface area (Å²) in [4.78, 5) is 28.2. The summed E-state index contributed by atoms with van der Waals surface area (Å²) in [6, 6.07) is 3.06. The maximum absolute atomic E-state index is 11.9. The van der Waals surface area contributed by atoms with Crippen molar-refractivity contribution >= 4 is 51.8 Å². The fraction of sp³-hybridized carbons (Fsp3) is 0.407. The Morgan fingerprint density at radius 1 is 1.18 bits per heavy atom. The van der Waals surface area contributed by atoms with E-state index < -0.39 is 0 Å². The van der Waals surface area contributed by atoms with Crippen LogP contribution in [-0.2, 0) is 9.53 Å². The van der Waals surface area contributed by atoms with Crippen LogP contribution in [0.25, 0.3) is 22.2 Å². The molecule has 0 bridgehead atoms. The van der Waals surface area contributed by atoms with Gasteiger partial charge in [0.15, 0.2) is 5.82 Å². The van der Waals surface area contributed by atoms with Gasteiger partial charge in [-0.3, -0.25) is 4.79 Å². The largest absolute Gasteiger partial charge is 0.495 e. The zero-order valence-corrected chi connectivity index (χ0v) is 24.4. The quantitative estimate of drug-likeness (QED) is 0.284. The number of amides is 1. The van der Waals surface area contributed by atoms with Crippen LogP contribution < -0.4 is 25.4 Å². The van der Waals surface area contributed by atoms with Crippen LogP contribution in [-0.4, -0.2) is 92.5 Å². The molecule has 3 heterocycles. The van der Waals surface area contributed by atoms with Gasteiger partial charge < -0.3 is 35.1 Å². The number of halogens is 2. The van der Waals surface area contributed by atoms with Crippen LogP contribution in [0.2, 0.25) is 10.0 Å². The molecule has 1 aromatic carbocycles. The molecule has 2 atom stereocenters. The summed E-state index contributed by atoms with van der Waals surface area (Å²) in [6.07, 6.45) is 3.61. The predicted molar refractivity (Wildman–Crippen MR) is 158 cm³/mol. The number of nitrogens with one attached hydrogen (secondary N) is 3. The molecule has 1 amide bonds. The van der Waals surface area contributed by atoms with E-state index in [2.05, 4.69) is 32.4 Å². The van der Waals surface area contributed by atoms with Gasteiger partial charge in [0.2, 0.25) is 11.9 Å². The molecular weight excluding hydrogens is 557 g/mol. The molecule has 3 aromatic rings. The van der Waals surface area contributed by atoms with E-state index >= 15 is 0 Å². The molecule has 1 aliphatic heterocycles. The number of hydrogen-bond acceptors (Lipinski definition) is 10. The standard InChI is InChI=1S/C27H33Cl2N7O4/c1-6-21(37)32-16-7-10-40-14-18(16)34-27-31-13-15-11-17(33-26(25(15)35-27)30-8-9-36(2)3)22-23(28)19(38-4)12-20(39-5)24(22)29/h6,11-13,16,18H,1,7-10,14H2,2-5H3,(H,30,33)(H,32,37)(H,31,34,35)/t16-,18+/m0/s1. The second-order valence-corrected chi connectivity index (χ2v) is 10.2. The van der Waals surface area contributed by atoms with Gasteiger partial charge in [-0.15, -0.1) is 0 Å². The minimum Gasteiger partial charge on any atom is -0.495 e. The van der Waals surface area contributed by atoms with Gasteiger partial charge in [-0.05, 0) is 32.7 Å². The number of pyridine rings is 1. The minimum atomic E-state index is -0.242. The Morgan fingerprint density at radius 3 is 2.55 bits per heavy atom. The van der Waals surface area contributed by atoms with E-state index in [9.17, 15) is 4.79 Å². The average Bonchev–Trinajstić information content (AvgIpc) is 2.94. The zero-order valence-electron chi connectivity index (χ0n) is 22.9. The highest BCUT2D eigenvalue weighted by Gasteiger charge is 2.28. The summed E-state index contributed by atoms with van der Waals surface area (Å²) in [7, 11) is 7.02. The monoisotopic (exact) mass is 589 g/mol. The number of methoxy groups -OCH3 is 2. The third kappa shape index (κ3) is 6.67. The normalized spacial score (nSPS) is 17.0. The first-order valence-electron chi connectivity index (χ1n) is 12.7. The first-order valence-corrected chi connectivity index (χ1v) is 13.4. The summed E-state index contributed by atoms with van der Waals surface area (Å²) < 4.78 is 16.5. The Hall–Kier alpha value is -3.38. The molecule has 0 unspecified atom stereocenters. The maximum Gasteiger partial charge on any atom is 0.243 e. The summed E-state index contributed by atoms with van der Waals surface area (Å²) >= 11 is 13.4. The van der Waals surface area contributed by atoms with Crippen LogP contribution in [0.3, 0.4) is 0 Å². The fourth-order valence-electron chi connectivity index (χ4n) is 4.33. The fourth-order valence-corrected chi connectivity index (χ4v) is 5.02. The van der Waals surface area contributed by atoms with Gasteiger partial charge in [0.25, 0.3) is 0 Å². The zero-order chi connectivity index (χ0) is 28.8. The average molecular weight is 591 g/mol.